The Morgan fingerprint density at radius 1 is 1.21 bits per heavy atom. The molecule has 5 heteroatoms. The summed E-state index contributed by atoms with van der Waals surface area (Å²) in [5.74, 6) is 0.251. The predicted molar refractivity (Wildman–Crippen MR) is 96.7 cm³/mol. The lowest BCUT2D eigenvalue weighted by molar-refractivity contribution is -0.116. The summed E-state index contributed by atoms with van der Waals surface area (Å²) in [7, 11) is 1.60. The lowest BCUT2D eigenvalue weighted by Gasteiger charge is -2.20. The highest BCUT2D eigenvalue weighted by molar-refractivity contribution is 5.94. The van der Waals surface area contributed by atoms with Crippen molar-refractivity contribution in [1.82, 2.24) is 15.5 Å². The summed E-state index contributed by atoms with van der Waals surface area (Å²) in [5, 5.41) is 5.53. The van der Waals surface area contributed by atoms with Gasteiger partial charge in [-0.3, -0.25) is 9.59 Å². The van der Waals surface area contributed by atoms with Crippen molar-refractivity contribution in [2.45, 2.75) is 19.8 Å². The Morgan fingerprint density at radius 2 is 1.88 bits per heavy atom. The van der Waals surface area contributed by atoms with Gasteiger partial charge in [-0.05, 0) is 55.6 Å². The van der Waals surface area contributed by atoms with Crippen molar-refractivity contribution in [2.24, 2.45) is 5.92 Å². The first kappa shape index (κ1) is 18.2. The van der Waals surface area contributed by atoms with E-state index in [2.05, 4.69) is 22.5 Å². The van der Waals surface area contributed by atoms with Gasteiger partial charge in [-0.1, -0.05) is 19.1 Å². The predicted octanol–water partition coefficient (Wildman–Crippen LogP) is 1.91. The maximum Gasteiger partial charge on any atom is 0.251 e. The molecule has 0 aromatic heterocycles. The van der Waals surface area contributed by atoms with Crippen LogP contribution in [-0.4, -0.2) is 49.9 Å². The van der Waals surface area contributed by atoms with E-state index in [1.807, 2.05) is 12.1 Å². The molecule has 1 aliphatic rings. The van der Waals surface area contributed by atoms with E-state index in [-0.39, 0.29) is 11.8 Å². The molecule has 2 rings (SSSR count). The van der Waals surface area contributed by atoms with Crippen LogP contribution in [0.25, 0.3) is 6.08 Å². The van der Waals surface area contributed by atoms with Crippen LogP contribution in [-0.2, 0) is 4.79 Å². The number of rotatable bonds is 7. The van der Waals surface area contributed by atoms with Gasteiger partial charge >= 0.3 is 0 Å². The topological polar surface area (TPSA) is 61.4 Å². The molecule has 1 atom stereocenters. The molecule has 0 radical (unpaired) electrons. The van der Waals surface area contributed by atoms with Crippen LogP contribution in [0.3, 0.4) is 0 Å². The van der Waals surface area contributed by atoms with Crippen molar-refractivity contribution < 1.29 is 9.59 Å². The fraction of sp³-hybridized carbons (Fsp3) is 0.474. The smallest absolute Gasteiger partial charge is 0.251 e. The van der Waals surface area contributed by atoms with Gasteiger partial charge < -0.3 is 15.5 Å². The van der Waals surface area contributed by atoms with Crippen molar-refractivity contribution in [3.63, 3.8) is 0 Å². The van der Waals surface area contributed by atoms with Crippen LogP contribution in [0.2, 0.25) is 0 Å². The molecular weight excluding hydrogens is 302 g/mol. The molecule has 0 spiro atoms. The fourth-order valence-electron chi connectivity index (χ4n) is 2.87. The number of nitrogens with one attached hydrogen (secondary N) is 2. The minimum Gasteiger partial charge on any atom is -0.355 e. The van der Waals surface area contributed by atoms with Crippen molar-refractivity contribution in [2.75, 3.05) is 33.2 Å². The van der Waals surface area contributed by atoms with Crippen molar-refractivity contribution in [3.05, 3.63) is 41.5 Å². The minimum absolute atomic E-state index is 0.0846. The Morgan fingerprint density at radius 3 is 2.50 bits per heavy atom. The third-order valence-corrected chi connectivity index (χ3v) is 4.22. The third-order valence-electron chi connectivity index (χ3n) is 4.22. The summed E-state index contributed by atoms with van der Waals surface area (Å²) in [6, 6.07) is 7.14. The molecular formula is C19H27N3O2. The number of hydrogen-bond acceptors (Lipinski definition) is 3. The first-order valence-corrected chi connectivity index (χ1v) is 8.59. The SMILES string of the molecule is CNC(=O)c1ccc(/C=C\C(=O)NC[C@H](C)CN2CCCC2)cc1. The van der Waals surface area contributed by atoms with E-state index in [4.69, 9.17) is 0 Å². The van der Waals surface area contributed by atoms with Crippen LogP contribution >= 0.6 is 0 Å². The van der Waals surface area contributed by atoms with Gasteiger partial charge in [0.25, 0.3) is 5.91 Å². The van der Waals surface area contributed by atoms with Gasteiger partial charge in [0.05, 0.1) is 0 Å². The Balaban J connectivity index is 1.74. The number of nitrogens with zero attached hydrogens (tertiary/aromatic N) is 1. The zero-order valence-electron chi connectivity index (χ0n) is 14.5. The molecule has 1 heterocycles. The van der Waals surface area contributed by atoms with Crippen LogP contribution in [0.1, 0.15) is 35.7 Å². The Labute approximate surface area is 144 Å². The first-order valence-electron chi connectivity index (χ1n) is 8.59. The van der Waals surface area contributed by atoms with E-state index in [1.165, 1.54) is 32.0 Å². The Bertz CT molecular complexity index is 575. The number of benzene rings is 1. The van der Waals surface area contributed by atoms with Crippen LogP contribution in [0.5, 0.6) is 0 Å². The molecule has 1 aromatic rings. The van der Waals surface area contributed by atoms with Gasteiger partial charge in [0.15, 0.2) is 0 Å². The van der Waals surface area contributed by atoms with Gasteiger partial charge in [0, 0.05) is 31.8 Å². The summed E-state index contributed by atoms with van der Waals surface area (Å²) in [5.41, 5.74) is 1.50. The molecule has 2 amide bonds. The lowest BCUT2D eigenvalue weighted by Crippen LogP contribution is -2.33. The molecule has 130 valence electrons. The van der Waals surface area contributed by atoms with Crippen LogP contribution in [0, 0.1) is 5.92 Å². The number of carbonyl (C=O) groups is 2. The van der Waals surface area contributed by atoms with Crippen molar-refractivity contribution in [1.29, 1.82) is 0 Å². The van der Waals surface area contributed by atoms with Gasteiger partial charge in [0.2, 0.25) is 5.91 Å². The molecule has 1 aromatic carbocycles. The molecule has 0 saturated carbocycles. The molecule has 0 unspecified atom stereocenters. The van der Waals surface area contributed by atoms with E-state index < -0.39 is 0 Å². The second-order valence-corrected chi connectivity index (χ2v) is 6.39. The highest BCUT2D eigenvalue weighted by Gasteiger charge is 2.14. The molecule has 1 saturated heterocycles. The van der Waals surface area contributed by atoms with Gasteiger partial charge in [0.1, 0.15) is 0 Å². The second kappa shape index (κ2) is 9.23. The average molecular weight is 329 g/mol. The van der Waals surface area contributed by atoms with Gasteiger partial charge in [-0.2, -0.15) is 0 Å². The Kier molecular flexibility index (Phi) is 7.00. The fourth-order valence-corrected chi connectivity index (χ4v) is 2.87. The van der Waals surface area contributed by atoms with Crippen LogP contribution in [0.4, 0.5) is 0 Å². The summed E-state index contributed by atoms with van der Waals surface area (Å²) in [6.45, 7) is 6.27. The van der Waals surface area contributed by atoms with Crippen LogP contribution < -0.4 is 10.6 Å². The van der Waals surface area contributed by atoms with Crippen LogP contribution in [0.15, 0.2) is 30.3 Å². The van der Waals surface area contributed by atoms with E-state index in [0.29, 0.717) is 18.0 Å². The zero-order chi connectivity index (χ0) is 17.4. The van der Waals surface area contributed by atoms with E-state index >= 15 is 0 Å². The average Bonchev–Trinajstić information content (AvgIpc) is 3.10. The molecule has 5 nitrogen and oxygen atoms in total. The van der Waals surface area contributed by atoms with Crippen molar-refractivity contribution in [3.8, 4) is 0 Å². The molecule has 0 aliphatic carbocycles. The summed E-state index contributed by atoms with van der Waals surface area (Å²) >= 11 is 0. The van der Waals surface area contributed by atoms with E-state index in [1.54, 1.807) is 25.3 Å². The van der Waals surface area contributed by atoms with Crippen molar-refractivity contribution >= 4 is 17.9 Å². The molecule has 24 heavy (non-hydrogen) atoms. The second-order valence-electron chi connectivity index (χ2n) is 6.39. The molecule has 1 aliphatic heterocycles. The highest BCUT2D eigenvalue weighted by Crippen LogP contribution is 2.10. The normalized spacial score (nSPS) is 16.2. The molecule has 2 N–H and O–H groups in total. The van der Waals surface area contributed by atoms with E-state index in [0.717, 1.165) is 12.1 Å². The summed E-state index contributed by atoms with van der Waals surface area (Å²) < 4.78 is 0. The number of hydrogen-bond donors (Lipinski definition) is 2. The molecule has 0 bridgehead atoms. The van der Waals surface area contributed by atoms with Gasteiger partial charge in [-0.15, -0.1) is 0 Å². The van der Waals surface area contributed by atoms with Gasteiger partial charge in [-0.25, -0.2) is 0 Å². The minimum atomic E-state index is -0.115. The highest BCUT2D eigenvalue weighted by atomic mass is 16.2. The summed E-state index contributed by atoms with van der Waals surface area (Å²) in [6.07, 6.45) is 5.88. The number of carbonyl (C=O) groups excluding carboxylic acids is 2. The zero-order valence-corrected chi connectivity index (χ0v) is 14.5. The largest absolute Gasteiger partial charge is 0.355 e. The monoisotopic (exact) mass is 329 g/mol. The number of likely N-dealkylation sites (tertiary alicyclic amines) is 1. The maximum absolute atomic E-state index is 11.9. The van der Waals surface area contributed by atoms with E-state index in [9.17, 15) is 9.59 Å². The summed E-state index contributed by atoms with van der Waals surface area (Å²) in [4.78, 5) is 25.8. The third kappa shape index (κ3) is 5.81. The number of amides is 2. The standard InChI is InChI=1S/C19H27N3O2/c1-15(14-22-11-3-4-12-22)13-21-18(23)10-7-16-5-8-17(9-6-16)19(24)20-2/h5-10,15H,3-4,11-14H2,1-2H3,(H,20,24)(H,21,23)/b10-7-/t15-/m0/s1. The quantitative estimate of drug-likeness (QED) is 0.751. The first-order chi connectivity index (χ1) is 11.6. The maximum atomic E-state index is 11.9. The lowest BCUT2D eigenvalue weighted by atomic mass is 10.1. The molecule has 1 fully saturated rings. The Hall–Kier alpha value is -2.14.